The summed E-state index contributed by atoms with van der Waals surface area (Å²) in [6.07, 6.45) is 1.89. The van der Waals surface area contributed by atoms with Crippen molar-refractivity contribution in [3.05, 3.63) is 0 Å². The van der Waals surface area contributed by atoms with Gasteiger partial charge in [0.15, 0.2) is 6.40 Å². The Morgan fingerprint density at radius 2 is 2.67 bits per heavy atom. The van der Waals surface area contributed by atoms with Crippen LogP contribution in [0, 0.1) is 0 Å². The van der Waals surface area contributed by atoms with Gasteiger partial charge in [0.1, 0.15) is 12.1 Å². The third kappa shape index (κ3) is 0.645. The van der Waals surface area contributed by atoms with Gasteiger partial charge < -0.3 is 10.1 Å². The van der Waals surface area contributed by atoms with Crippen molar-refractivity contribution < 1.29 is 4.74 Å². The van der Waals surface area contributed by atoms with Crippen LogP contribution in [0.15, 0.2) is 4.99 Å². The van der Waals surface area contributed by atoms with Gasteiger partial charge >= 0.3 is 0 Å². The lowest BCUT2D eigenvalue weighted by molar-refractivity contribution is 0.201. The summed E-state index contributed by atoms with van der Waals surface area (Å²) in [6, 6.07) is 0.859. The minimum atomic E-state index is 0.310. The van der Waals surface area contributed by atoms with E-state index in [4.69, 9.17) is 4.74 Å². The first-order valence-corrected chi connectivity index (χ1v) is 3.28. The Balaban J connectivity index is 2.13. The van der Waals surface area contributed by atoms with Gasteiger partial charge in [0.2, 0.25) is 0 Å². The summed E-state index contributed by atoms with van der Waals surface area (Å²) in [4.78, 5) is 4.14. The molecule has 3 unspecified atom stereocenters. The molecule has 0 amide bonds. The third-order valence-corrected chi connectivity index (χ3v) is 1.99. The molecule has 0 aromatic heterocycles. The molecule has 2 heterocycles. The van der Waals surface area contributed by atoms with Crippen LogP contribution in [0.3, 0.4) is 0 Å². The molecule has 1 fully saturated rings. The number of hydrogen-bond acceptors (Lipinski definition) is 3. The maximum absolute atomic E-state index is 5.23. The Bertz CT molecular complexity index is 146. The van der Waals surface area contributed by atoms with E-state index in [0.29, 0.717) is 18.2 Å². The molecule has 2 aliphatic heterocycles. The largest absolute Gasteiger partial charge is 0.476 e. The monoisotopic (exact) mass is 126 g/mol. The molecule has 0 bridgehead atoms. The number of rotatable bonds is 0. The van der Waals surface area contributed by atoms with E-state index in [1.807, 2.05) is 0 Å². The van der Waals surface area contributed by atoms with Gasteiger partial charge in [0.05, 0.1) is 0 Å². The van der Waals surface area contributed by atoms with Crippen LogP contribution in [0.5, 0.6) is 0 Å². The van der Waals surface area contributed by atoms with Crippen LogP contribution in [-0.4, -0.2) is 31.1 Å². The van der Waals surface area contributed by atoms with Crippen molar-refractivity contribution in [1.29, 1.82) is 0 Å². The Kier molecular flexibility index (Phi) is 0.990. The second kappa shape index (κ2) is 1.70. The van der Waals surface area contributed by atoms with Gasteiger partial charge in [-0.1, -0.05) is 0 Å². The van der Waals surface area contributed by atoms with Gasteiger partial charge in [-0.15, -0.1) is 0 Å². The Morgan fingerprint density at radius 3 is 3.44 bits per heavy atom. The Morgan fingerprint density at radius 1 is 1.78 bits per heavy atom. The van der Waals surface area contributed by atoms with Crippen LogP contribution in [0.1, 0.15) is 6.92 Å². The molecule has 1 N–H and O–H groups in total. The molecule has 0 aromatic carbocycles. The van der Waals surface area contributed by atoms with E-state index in [0.717, 1.165) is 6.54 Å². The lowest BCUT2D eigenvalue weighted by atomic mass is 10.1. The molecule has 0 saturated carbocycles. The zero-order valence-corrected chi connectivity index (χ0v) is 5.37. The van der Waals surface area contributed by atoms with E-state index >= 15 is 0 Å². The molecule has 0 spiro atoms. The van der Waals surface area contributed by atoms with Crippen molar-refractivity contribution in [3.8, 4) is 0 Å². The SMILES string of the molecule is CC1NCC2N=COC21. The quantitative estimate of drug-likeness (QED) is 0.486. The van der Waals surface area contributed by atoms with Crippen molar-refractivity contribution in [1.82, 2.24) is 5.32 Å². The van der Waals surface area contributed by atoms with Crippen molar-refractivity contribution in [2.24, 2.45) is 4.99 Å². The molecule has 0 aliphatic carbocycles. The lowest BCUT2D eigenvalue weighted by Gasteiger charge is -2.10. The Hall–Kier alpha value is -0.570. The maximum atomic E-state index is 5.23. The van der Waals surface area contributed by atoms with Crippen LogP contribution in [0.25, 0.3) is 0 Å². The standard InChI is InChI=1S/C6H10N2O/c1-4-6-5(2-7-4)8-3-9-6/h3-7H,2H2,1H3. The molecule has 1 saturated heterocycles. The number of nitrogens with zero attached hydrogens (tertiary/aromatic N) is 1. The van der Waals surface area contributed by atoms with Crippen molar-refractivity contribution in [3.63, 3.8) is 0 Å². The first-order chi connectivity index (χ1) is 4.38. The molecule has 0 radical (unpaired) electrons. The molecule has 3 nitrogen and oxygen atoms in total. The van der Waals surface area contributed by atoms with Gasteiger partial charge in [-0.2, -0.15) is 0 Å². The highest BCUT2D eigenvalue weighted by Crippen LogP contribution is 2.17. The maximum Gasteiger partial charge on any atom is 0.170 e. The molecular weight excluding hydrogens is 116 g/mol. The van der Waals surface area contributed by atoms with E-state index in [2.05, 4.69) is 17.2 Å². The fourth-order valence-electron chi connectivity index (χ4n) is 1.40. The van der Waals surface area contributed by atoms with Gasteiger partial charge in [-0.3, -0.25) is 0 Å². The first-order valence-electron chi connectivity index (χ1n) is 3.28. The van der Waals surface area contributed by atoms with E-state index in [1.165, 1.54) is 0 Å². The third-order valence-electron chi connectivity index (χ3n) is 1.99. The summed E-state index contributed by atoms with van der Waals surface area (Å²) < 4.78 is 5.23. The lowest BCUT2D eigenvalue weighted by Crippen LogP contribution is -2.28. The smallest absolute Gasteiger partial charge is 0.170 e. The van der Waals surface area contributed by atoms with E-state index < -0.39 is 0 Å². The summed E-state index contributed by atoms with van der Waals surface area (Å²) in [7, 11) is 0. The summed E-state index contributed by atoms with van der Waals surface area (Å²) >= 11 is 0. The summed E-state index contributed by atoms with van der Waals surface area (Å²) in [6.45, 7) is 3.10. The number of fused-ring (bicyclic) bond motifs is 1. The van der Waals surface area contributed by atoms with Crippen LogP contribution in [0.4, 0.5) is 0 Å². The van der Waals surface area contributed by atoms with Crippen LogP contribution in [-0.2, 0) is 4.74 Å². The predicted molar refractivity (Wildman–Crippen MR) is 34.6 cm³/mol. The second-order valence-corrected chi connectivity index (χ2v) is 2.62. The number of nitrogens with one attached hydrogen (secondary N) is 1. The highest BCUT2D eigenvalue weighted by Gasteiger charge is 2.36. The van der Waals surface area contributed by atoms with Crippen LogP contribution < -0.4 is 5.32 Å². The highest BCUT2D eigenvalue weighted by molar-refractivity contribution is 5.50. The highest BCUT2D eigenvalue weighted by atomic mass is 16.5. The van der Waals surface area contributed by atoms with E-state index in [9.17, 15) is 0 Å². The molecular formula is C6H10N2O. The molecule has 3 heteroatoms. The molecule has 2 rings (SSSR count). The molecule has 3 atom stereocenters. The van der Waals surface area contributed by atoms with E-state index in [1.54, 1.807) is 6.40 Å². The Labute approximate surface area is 54.1 Å². The number of hydrogen-bond donors (Lipinski definition) is 1. The van der Waals surface area contributed by atoms with E-state index in [-0.39, 0.29) is 0 Å². The topological polar surface area (TPSA) is 33.6 Å². The average Bonchev–Trinajstić information content (AvgIpc) is 2.35. The van der Waals surface area contributed by atoms with Crippen molar-refractivity contribution >= 4 is 6.40 Å². The first kappa shape index (κ1) is 5.23. The summed E-state index contributed by atoms with van der Waals surface area (Å²) in [5, 5.41) is 3.28. The predicted octanol–water partition coefficient (Wildman–Crippen LogP) is -0.226. The summed E-state index contributed by atoms with van der Waals surface area (Å²) in [5.74, 6) is 0. The van der Waals surface area contributed by atoms with Crippen molar-refractivity contribution in [2.75, 3.05) is 6.54 Å². The van der Waals surface area contributed by atoms with Crippen molar-refractivity contribution in [2.45, 2.75) is 25.1 Å². The average molecular weight is 126 g/mol. The van der Waals surface area contributed by atoms with Gasteiger partial charge in [0.25, 0.3) is 0 Å². The fraction of sp³-hybridized carbons (Fsp3) is 0.833. The van der Waals surface area contributed by atoms with Crippen LogP contribution in [0.2, 0.25) is 0 Å². The fourth-order valence-corrected chi connectivity index (χ4v) is 1.40. The molecule has 2 aliphatic rings. The normalized spacial score (nSPS) is 47.0. The van der Waals surface area contributed by atoms with Crippen LogP contribution >= 0.6 is 0 Å². The van der Waals surface area contributed by atoms with Gasteiger partial charge in [-0.05, 0) is 6.92 Å². The minimum Gasteiger partial charge on any atom is -0.476 e. The zero-order chi connectivity index (χ0) is 6.27. The minimum absolute atomic E-state index is 0.310. The number of ether oxygens (including phenoxy) is 1. The summed E-state index contributed by atoms with van der Waals surface area (Å²) in [5.41, 5.74) is 0. The molecule has 9 heavy (non-hydrogen) atoms. The second-order valence-electron chi connectivity index (χ2n) is 2.62. The van der Waals surface area contributed by atoms with Gasteiger partial charge in [-0.25, -0.2) is 4.99 Å². The zero-order valence-electron chi connectivity index (χ0n) is 5.37. The number of aliphatic imine (C=N–C) groups is 1. The molecule has 50 valence electrons. The molecule has 0 aromatic rings. The van der Waals surface area contributed by atoms with Gasteiger partial charge in [0, 0.05) is 12.6 Å².